The molecule has 0 spiro atoms. The Morgan fingerprint density at radius 3 is 2.39 bits per heavy atom. The lowest BCUT2D eigenvalue weighted by Crippen LogP contribution is -2.26. The van der Waals surface area contributed by atoms with E-state index < -0.39 is 18.5 Å². The van der Waals surface area contributed by atoms with Crippen LogP contribution in [-0.4, -0.2) is 35.2 Å². The monoisotopic (exact) mass is 418 g/mol. The van der Waals surface area contributed by atoms with Crippen molar-refractivity contribution in [2.75, 3.05) is 11.9 Å². The molecule has 0 bridgehead atoms. The first-order valence-corrected chi connectivity index (χ1v) is 9.66. The van der Waals surface area contributed by atoms with E-state index in [1.54, 1.807) is 43.3 Å². The summed E-state index contributed by atoms with van der Waals surface area (Å²) >= 11 is 0. The van der Waals surface area contributed by atoms with Crippen molar-refractivity contribution in [3.8, 4) is 0 Å². The third-order valence-electron chi connectivity index (χ3n) is 5.03. The fourth-order valence-electron chi connectivity index (χ4n) is 3.56. The van der Waals surface area contributed by atoms with E-state index in [0.29, 0.717) is 23.4 Å². The standard InChI is InChI=1S/C23H18N2O6/c1-3-16-19(12(2)31-25-16)23(29)30-11-18(26)24-17-10-6-9-15-20(17)22(28)14-8-5-4-7-13(14)21(15)27/h4-10H,3,11H2,1-2H3,(H,24,26). The van der Waals surface area contributed by atoms with Crippen LogP contribution >= 0.6 is 0 Å². The van der Waals surface area contributed by atoms with Gasteiger partial charge in [0.2, 0.25) is 0 Å². The van der Waals surface area contributed by atoms with Gasteiger partial charge in [-0.2, -0.15) is 0 Å². The highest BCUT2D eigenvalue weighted by Gasteiger charge is 2.31. The smallest absolute Gasteiger partial charge is 0.344 e. The molecule has 0 atom stereocenters. The van der Waals surface area contributed by atoms with Crippen LogP contribution in [0, 0.1) is 6.92 Å². The van der Waals surface area contributed by atoms with E-state index in [0.717, 1.165) is 0 Å². The van der Waals surface area contributed by atoms with Crippen molar-refractivity contribution >= 4 is 29.1 Å². The Kier molecular flexibility index (Phi) is 5.21. The van der Waals surface area contributed by atoms with Crippen LogP contribution in [-0.2, 0) is 16.0 Å². The highest BCUT2D eigenvalue weighted by Crippen LogP contribution is 2.31. The van der Waals surface area contributed by atoms with Crippen molar-refractivity contribution < 1.29 is 28.4 Å². The number of esters is 1. The van der Waals surface area contributed by atoms with Crippen molar-refractivity contribution in [1.29, 1.82) is 0 Å². The molecule has 1 aromatic heterocycles. The van der Waals surface area contributed by atoms with Crippen molar-refractivity contribution in [3.63, 3.8) is 0 Å². The number of aromatic nitrogens is 1. The lowest BCUT2D eigenvalue weighted by atomic mass is 9.83. The summed E-state index contributed by atoms with van der Waals surface area (Å²) in [5.41, 5.74) is 1.77. The summed E-state index contributed by atoms with van der Waals surface area (Å²) in [5.74, 6) is -1.70. The third kappa shape index (κ3) is 3.52. The molecular formula is C23H18N2O6. The van der Waals surface area contributed by atoms with E-state index in [2.05, 4.69) is 10.5 Å². The molecule has 1 heterocycles. The van der Waals surface area contributed by atoms with Gasteiger partial charge in [-0.15, -0.1) is 0 Å². The highest BCUT2D eigenvalue weighted by atomic mass is 16.5. The Hall–Kier alpha value is -4.07. The average molecular weight is 418 g/mol. The summed E-state index contributed by atoms with van der Waals surface area (Å²) in [7, 11) is 0. The molecule has 0 radical (unpaired) electrons. The van der Waals surface area contributed by atoms with E-state index in [-0.39, 0.29) is 39.5 Å². The lowest BCUT2D eigenvalue weighted by Gasteiger charge is -2.20. The molecule has 1 N–H and O–H groups in total. The minimum atomic E-state index is -0.721. The Labute approximate surface area is 177 Å². The fraction of sp³-hybridized carbons (Fsp3) is 0.174. The summed E-state index contributed by atoms with van der Waals surface area (Å²) in [5, 5.41) is 6.35. The molecule has 1 aliphatic carbocycles. The molecule has 1 aliphatic rings. The number of carbonyl (C=O) groups is 4. The highest BCUT2D eigenvalue weighted by molar-refractivity contribution is 6.30. The first kappa shape index (κ1) is 20.2. The van der Waals surface area contributed by atoms with E-state index in [4.69, 9.17) is 9.26 Å². The molecule has 4 rings (SSSR count). The van der Waals surface area contributed by atoms with Gasteiger partial charge in [-0.05, 0) is 19.4 Å². The molecule has 2 aromatic carbocycles. The van der Waals surface area contributed by atoms with E-state index in [1.807, 2.05) is 6.92 Å². The van der Waals surface area contributed by atoms with Crippen molar-refractivity contribution in [2.24, 2.45) is 0 Å². The molecular weight excluding hydrogens is 400 g/mol. The Morgan fingerprint density at radius 2 is 1.68 bits per heavy atom. The minimum Gasteiger partial charge on any atom is -0.452 e. The van der Waals surface area contributed by atoms with Gasteiger partial charge < -0.3 is 14.6 Å². The van der Waals surface area contributed by atoms with Gasteiger partial charge in [-0.1, -0.05) is 48.5 Å². The molecule has 0 fully saturated rings. The van der Waals surface area contributed by atoms with Gasteiger partial charge in [0.1, 0.15) is 11.3 Å². The summed E-state index contributed by atoms with van der Waals surface area (Å²) in [6, 6.07) is 11.2. The number of ketones is 2. The molecule has 31 heavy (non-hydrogen) atoms. The van der Waals surface area contributed by atoms with Gasteiger partial charge in [0.15, 0.2) is 18.2 Å². The van der Waals surface area contributed by atoms with Crippen LogP contribution in [0.25, 0.3) is 0 Å². The van der Waals surface area contributed by atoms with Crippen molar-refractivity contribution in [2.45, 2.75) is 20.3 Å². The number of nitrogens with one attached hydrogen (secondary N) is 1. The number of anilines is 1. The van der Waals surface area contributed by atoms with Crippen molar-refractivity contribution in [1.82, 2.24) is 5.16 Å². The van der Waals surface area contributed by atoms with Crippen LogP contribution in [0.15, 0.2) is 47.0 Å². The number of aryl methyl sites for hydroxylation is 2. The predicted molar refractivity (Wildman–Crippen MR) is 109 cm³/mol. The number of hydrogen-bond acceptors (Lipinski definition) is 7. The fourth-order valence-corrected chi connectivity index (χ4v) is 3.56. The van der Waals surface area contributed by atoms with Crippen molar-refractivity contribution in [3.05, 3.63) is 81.7 Å². The van der Waals surface area contributed by atoms with Crippen LogP contribution in [0.2, 0.25) is 0 Å². The molecule has 8 nitrogen and oxygen atoms in total. The number of hydrogen-bond donors (Lipinski definition) is 1. The SMILES string of the molecule is CCc1noc(C)c1C(=O)OCC(=O)Nc1cccc2c1C(=O)c1ccccc1C2=O. The average Bonchev–Trinajstić information content (AvgIpc) is 3.16. The Morgan fingerprint density at radius 1 is 1.00 bits per heavy atom. The maximum absolute atomic E-state index is 13.0. The lowest BCUT2D eigenvalue weighted by molar-refractivity contribution is -0.119. The molecule has 8 heteroatoms. The maximum Gasteiger partial charge on any atom is 0.344 e. The molecule has 0 saturated heterocycles. The summed E-state index contributed by atoms with van der Waals surface area (Å²) in [6.45, 7) is 2.82. The quantitative estimate of drug-likeness (QED) is 0.495. The number of benzene rings is 2. The van der Waals surface area contributed by atoms with Crippen LogP contribution in [0.3, 0.4) is 0 Å². The number of ether oxygens (including phenoxy) is 1. The van der Waals surface area contributed by atoms with E-state index in [1.165, 1.54) is 6.07 Å². The zero-order valence-electron chi connectivity index (χ0n) is 16.9. The maximum atomic E-state index is 13.0. The van der Waals surface area contributed by atoms with Gasteiger partial charge in [0, 0.05) is 16.7 Å². The Balaban J connectivity index is 1.53. The third-order valence-corrected chi connectivity index (χ3v) is 5.03. The summed E-state index contributed by atoms with van der Waals surface area (Å²) in [4.78, 5) is 50.5. The summed E-state index contributed by atoms with van der Waals surface area (Å²) < 4.78 is 10.1. The number of carbonyl (C=O) groups excluding carboxylic acids is 4. The van der Waals surface area contributed by atoms with E-state index >= 15 is 0 Å². The second kappa shape index (κ2) is 7.98. The summed E-state index contributed by atoms with van der Waals surface area (Å²) in [6.07, 6.45) is 0.474. The van der Waals surface area contributed by atoms with Crippen LogP contribution in [0.4, 0.5) is 5.69 Å². The normalized spacial score (nSPS) is 12.2. The minimum absolute atomic E-state index is 0.119. The van der Waals surface area contributed by atoms with Gasteiger partial charge >= 0.3 is 5.97 Å². The number of nitrogens with zero attached hydrogens (tertiary/aromatic N) is 1. The van der Waals surface area contributed by atoms with Gasteiger partial charge in [-0.25, -0.2) is 4.79 Å². The van der Waals surface area contributed by atoms with Gasteiger partial charge in [0.25, 0.3) is 5.91 Å². The van der Waals surface area contributed by atoms with E-state index in [9.17, 15) is 19.2 Å². The van der Waals surface area contributed by atoms with Crippen LogP contribution in [0.1, 0.15) is 60.6 Å². The largest absolute Gasteiger partial charge is 0.452 e. The molecule has 3 aromatic rings. The van der Waals surface area contributed by atoms with Crippen LogP contribution < -0.4 is 5.32 Å². The second-order valence-corrected chi connectivity index (χ2v) is 6.97. The zero-order chi connectivity index (χ0) is 22.1. The molecule has 0 saturated carbocycles. The predicted octanol–water partition coefficient (Wildman–Crippen LogP) is 3.12. The number of fused-ring (bicyclic) bond motifs is 2. The number of amides is 1. The van der Waals surface area contributed by atoms with Gasteiger partial charge in [-0.3, -0.25) is 14.4 Å². The second-order valence-electron chi connectivity index (χ2n) is 6.97. The van der Waals surface area contributed by atoms with Gasteiger partial charge in [0.05, 0.1) is 16.9 Å². The van der Waals surface area contributed by atoms with Crippen LogP contribution in [0.5, 0.6) is 0 Å². The molecule has 156 valence electrons. The molecule has 0 unspecified atom stereocenters. The zero-order valence-corrected chi connectivity index (χ0v) is 16.9. The number of rotatable bonds is 5. The topological polar surface area (TPSA) is 116 Å². The molecule has 1 amide bonds. The first-order valence-electron chi connectivity index (χ1n) is 9.66. The first-order chi connectivity index (χ1) is 14.9. The Bertz CT molecular complexity index is 1240. The molecule has 0 aliphatic heterocycles.